The molecule has 1 atom stereocenters. The molecule has 1 aromatic heterocycles. The summed E-state index contributed by atoms with van der Waals surface area (Å²) in [6.45, 7) is 3.91. The molecule has 1 fully saturated rings. The standard InChI is InChI=1S/C23H19NO3S/c1-14-5-9-16(10-6-14)21(25)19-20(18-4-3-13-28-18)24(23(27)22(19)26)17-11-7-15(2)8-12-17/h3-13,20,25H,1-2H3/b21-19-. The Hall–Kier alpha value is -3.18. The third-order valence-electron chi connectivity index (χ3n) is 4.89. The van der Waals surface area contributed by atoms with Crippen LogP contribution in [0.2, 0.25) is 0 Å². The Morgan fingerprint density at radius 3 is 2.11 bits per heavy atom. The Morgan fingerprint density at radius 1 is 0.929 bits per heavy atom. The summed E-state index contributed by atoms with van der Waals surface area (Å²) >= 11 is 1.45. The number of ketones is 1. The molecule has 1 N–H and O–H groups in total. The minimum atomic E-state index is -0.669. The molecule has 28 heavy (non-hydrogen) atoms. The first-order valence-corrected chi connectivity index (χ1v) is 9.83. The molecule has 1 amide bonds. The van der Waals surface area contributed by atoms with Crippen LogP contribution in [0.3, 0.4) is 0 Å². The molecule has 2 aromatic carbocycles. The summed E-state index contributed by atoms with van der Waals surface area (Å²) in [6, 6.07) is 17.8. The molecule has 5 heteroatoms. The lowest BCUT2D eigenvalue weighted by Crippen LogP contribution is -2.29. The van der Waals surface area contributed by atoms with E-state index in [1.165, 1.54) is 16.2 Å². The molecule has 0 bridgehead atoms. The molecule has 0 aliphatic carbocycles. The molecular formula is C23H19NO3S. The Morgan fingerprint density at radius 2 is 1.54 bits per heavy atom. The molecule has 0 radical (unpaired) electrons. The minimum Gasteiger partial charge on any atom is -0.507 e. The molecule has 3 aromatic rings. The molecule has 1 unspecified atom stereocenters. The van der Waals surface area contributed by atoms with Crippen LogP contribution in [0.25, 0.3) is 5.76 Å². The van der Waals surface area contributed by atoms with Crippen molar-refractivity contribution in [3.63, 3.8) is 0 Å². The van der Waals surface area contributed by atoms with Crippen molar-refractivity contribution in [3.05, 3.63) is 93.2 Å². The van der Waals surface area contributed by atoms with Crippen molar-refractivity contribution in [2.75, 3.05) is 4.90 Å². The van der Waals surface area contributed by atoms with E-state index in [2.05, 4.69) is 0 Å². The second-order valence-corrected chi connectivity index (χ2v) is 7.87. The molecule has 1 aliphatic heterocycles. The fourth-order valence-electron chi connectivity index (χ4n) is 3.39. The highest BCUT2D eigenvalue weighted by Crippen LogP contribution is 2.43. The Bertz CT molecular complexity index is 1060. The van der Waals surface area contributed by atoms with Gasteiger partial charge < -0.3 is 5.11 Å². The van der Waals surface area contributed by atoms with Gasteiger partial charge in [-0.2, -0.15) is 0 Å². The number of aliphatic hydroxyl groups excluding tert-OH is 1. The summed E-state index contributed by atoms with van der Waals surface area (Å²) in [5.41, 5.74) is 3.39. The number of carbonyl (C=O) groups excluding carboxylic acids is 2. The maximum atomic E-state index is 12.9. The summed E-state index contributed by atoms with van der Waals surface area (Å²) in [5, 5.41) is 12.9. The van der Waals surface area contributed by atoms with Gasteiger partial charge in [0.2, 0.25) is 0 Å². The van der Waals surface area contributed by atoms with Crippen LogP contribution in [0.15, 0.2) is 71.6 Å². The molecule has 2 heterocycles. The molecule has 4 rings (SSSR count). The fraction of sp³-hybridized carbons (Fsp3) is 0.130. The zero-order chi connectivity index (χ0) is 19.8. The Labute approximate surface area is 167 Å². The maximum Gasteiger partial charge on any atom is 0.300 e. The number of amides is 1. The lowest BCUT2D eigenvalue weighted by molar-refractivity contribution is -0.132. The van der Waals surface area contributed by atoms with Crippen molar-refractivity contribution in [1.29, 1.82) is 0 Å². The van der Waals surface area contributed by atoms with Crippen LogP contribution in [0, 0.1) is 13.8 Å². The first kappa shape index (κ1) is 18.2. The number of hydrogen-bond acceptors (Lipinski definition) is 4. The van der Waals surface area contributed by atoms with Gasteiger partial charge in [-0.3, -0.25) is 14.5 Å². The molecule has 1 aliphatic rings. The zero-order valence-corrected chi connectivity index (χ0v) is 16.4. The van der Waals surface area contributed by atoms with Crippen molar-refractivity contribution >= 4 is 34.5 Å². The molecule has 140 valence electrons. The van der Waals surface area contributed by atoms with Crippen LogP contribution in [-0.2, 0) is 9.59 Å². The molecule has 1 saturated heterocycles. The average molecular weight is 389 g/mol. The predicted octanol–water partition coefficient (Wildman–Crippen LogP) is 4.99. The van der Waals surface area contributed by atoms with Crippen molar-refractivity contribution in [2.45, 2.75) is 19.9 Å². The largest absolute Gasteiger partial charge is 0.507 e. The Kier molecular flexibility index (Phi) is 4.61. The summed E-state index contributed by atoms with van der Waals surface area (Å²) in [7, 11) is 0. The van der Waals surface area contributed by atoms with Gasteiger partial charge in [-0.25, -0.2) is 0 Å². The highest BCUT2D eigenvalue weighted by molar-refractivity contribution is 7.10. The van der Waals surface area contributed by atoms with Gasteiger partial charge in [0.25, 0.3) is 11.7 Å². The molecule has 0 saturated carbocycles. The number of carbonyl (C=O) groups is 2. The van der Waals surface area contributed by atoms with Crippen LogP contribution in [-0.4, -0.2) is 16.8 Å². The fourth-order valence-corrected chi connectivity index (χ4v) is 4.21. The smallest absolute Gasteiger partial charge is 0.300 e. The van der Waals surface area contributed by atoms with Crippen LogP contribution < -0.4 is 4.90 Å². The number of benzene rings is 2. The van der Waals surface area contributed by atoms with Crippen molar-refractivity contribution in [3.8, 4) is 0 Å². The number of rotatable bonds is 3. The van der Waals surface area contributed by atoms with Gasteiger partial charge in [-0.05, 0) is 37.4 Å². The number of aliphatic hydroxyl groups is 1. The lowest BCUT2D eigenvalue weighted by atomic mass is 9.99. The predicted molar refractivity (Wildman–Crippen MR) is 111 cm³/mol. The summed E-state index contributed by atoms with van der Waals surface area (Å²) in [5.74, 6) is -1.45. The third kappa shape index (κ3) is 3.04. The first-order valence-electron chi connectivity index (χ1n) is 8.95. The van der Waals surface area contributed by atoms with Crippen molar-refractivity contribution < 1.29 is 14.7 Å². The van der Waals surface area contributed by atoms with E-state index >= 15 is 0 Å². The van der Waals surface area contributed by atoms with Gasteiger partial charge in [0.1, 0.15) is 11.8 Å². The van der Waals surface area contributed by atoms with Crippen LogP contribution in [0.1, 0.15) is 27.6 Å². The highest BCUT2D eigenvalue weighted by atomic mass is 32.1. The summed E-state index contributed by atoms with van der Waals surface area (Å²) in [6.07, 6.45) is 0. The minimum absolute atomic E-state index is 0.122. The maximum absolute atomic E-state index is 12.9. The van der Waals surface area contributed by atoms with E-state index in [-0.39, 0.29) is 11.3 Å². The van der Waals surface area contributed by atoms with Gasteiger partial charge in [-0.15, -0.1) is 11.3 Å². The highest BCUT2D eigenvalue weighted by Gasteiger charge is 2.47. The van der Waals surface area contributed by atoms with E-state index in [0.717, 1.165) is 16.0 Å². The lowest BCUT2D eigenvalue weighted by Gasteiger charge is -2.24. The van der Waals surface area contributed by atoms with Gasteiger partial charge in [0, 0.05) is 16.1 Å². The van der Waals surface area contributed by atoms with Crippen LogP contribution in [0.5, 0.6) is 0 Å². The Balaban J connectivity index is 1.91. The number of thiophene rings is 1. The molecule has 4 nitrogen and oxygen atoms in total. The number of anilines is 1. The second-order valence-electron chi connectivity index (χ2n) is 6.89. The van der Waals surface area contributed by atoms with E-state index in [9.17, 15) is 14.7 Å². The normalized spacial score (nSPS) is 18.6. The second kappa shape index (κ2) is 7.09. The molecular weight excluding hydrogens is 370 g/mol. The van der Waals surface area contributed by atoms with Crippen LogP contribution in [0.4, 0.5) is 5.69 Å². The van der Waals surface area contributed by atoms with Gasteiger partial charge in [0.05, 0.1) is 5.57 Å². The topological polar surface area (TPSA) is 57.6 Å². The number of aryl methyl sites for hydroxylation is 2. The zero-order valence-electron chi connectivity index (χ0n) is 15.5. The van der Waals surface area contributed by atoms with Gasteiger partial charge >= 0.3 is 0 Å². The average Bonchev–Trinajstić information content (AvgIpc) is 3.30. The third-order valence-corrected chi connectivity index (χ3v) is 5.82. The number of hydrogen-bond donors (Lipinski definition) is 1. The quantitative estimate of drug-likeness (QED) is 0.390. The summed E-state index contributed by atoms with van der Waals surface area (Å²) < 4.78 is 0. The van der Waals surface area contributed by atoms with E-state index in [1.807, 2.05) is 67.8 Å². The van der Waals surface area contributed by atoms with Gasteiger partial charge in [-0.1, -0.05) is 53.6 Å². The number of Topliss-reactive ketones (excluding diaryl/α,β-unsaturated/α-hetero) is 1. The van der Waals surface area contributed by atoms with Crippen LogP contribution >= 0.6 is 11.3 Å². The number of nitrogens with zero attached hydrogens (tertiary/aromatic N) is 1. The van der Waals surface area contributed by atoms with Crippen molar-refractivity contribution in [2.24, 2.45) is 0 Å². The van der Waals surface area contributed by atoms with E-state index in [1.54, 1.807) is 12.1 Å². The monoisotopic (exact) mass is 389 g/mol. The first-order chi connectivity index (χ1) is 13.5. The van der Waals surface area contributed by atoms with Crippen molar-refractivity contribution in [1.82, 2.24) is 0 Å². The SMILES string of the molecule is Cc1ccc(/C(O)=C2/C(=O)C(=O)N(c3ccc(C)cc3)C2c2cccs2)cc1. The summed E-state index contributed by atoms with van der Waals surface area (Å²) in [4.78, 5) is 28.2. The molecule has 0 spiro atoms. The van der Waals surface area contributed by atoms with E-state index in [4.69, 9.17) is 0 Å². The van der Waals surface area contributed by atoms with E-state index < -0.39 is 17.7 Å². The van der Waals surface area contributed by atoms with Gasteiger partial charge in [0.15, 0.2) is 0 Å². The van der Waals surface area contributed by atoms with E-state index in [0.29, 0.717) is 11.3 Å².